The molecule has 24 heavy (non-hydrogen) atoms. The first-order valence-corrected chi connectivity index (χ1v) is 8.93. The normalized spacial score (nSPS) is 16.8. The predicted octanol–water partition coefficient (Wildman–Crippen LogP) is 2.12. The molecule has 134 valence electrons. The van der Waals surface area contributed by atoms with Crippen molar-refractivity contribution in [2.45, 2.75) is 45.6 Å². The molecule has 1 aromatic rings. The summed E-state index contributed by atoms with van der Waals surface area (Å²) in [5.41, 5.74) is 0.585. The highest BCUT2D eigenvalue weighted by Crippen LogP contribution is 2.09. The average molecular weight is 335 g/mol. The van der Waals surface area contributed by atoms with Gasteiger partial charge in [-0.1, -0.05) is 26.2 Å². The highest BCUT2D eigenvalue weighted by molar-refractivity contribution is 5.93. The summed E-state index contributed by atoms with van der Waals surface area (Å²) < 4.78 is 4.96. The van der Waals surface area contributed by atoms with Crippen molar-refractivity contribution in [3.05, 3.63) is 24.2 Å². The quantitative estimate of drug-likeness (QED) is 0.739. The lowest BCUT2D eigenvalue weighted by Gasteiger charge is -2.34. The Morgan fingerprint density at radius 3 is 2.62 bits per heavy atom. The number of carbonyl (C=O) groups is 2. The van der Waals surface area contributed by atoms with Crippen LogP contribution >= 0.6 is 0 Å². The maximum absolute atomic E-state index is 12.2. The standard InChI is InChI=1S/C18H29N3O3/c1-3-4-5-6-15(2)19-17(22)13-20-8-10-21(11-9-20)18(23)16-7-12-24-14-16/h7,12,14-15H,3-6,8-11,13H2,1-2H3,(H,19,22). The summed E-state index contributed by atoms with van der Waals surface area (Å²) in [5, 5.41) is 3.07. The maximum atomic E-state index is 12.2. The zero-order valence-corrected chi connectivity index (χ0v) is 14.8. The van der Waals surface area contributed by atoms with E-state index in [-0.39, 0.29) is 17.9 Å². The van der Waals surface area contributed by atoms with E-state index in [1.54, 1.807) is 6.07 Å². The van der Waals surface area contributed by atoms with Crippen LogP contribution < -0.4 is 5.32 Å². The van der Waals surface area contributed by atoms with Crippen LogP contribution in [0, 0.1) is 0 Å². The zero-order valence-electron chi connectivity index (χ0n) is 14.8. The molecule has 2 amide bonds. The van der Waals surface area contributed by atoms with Crippen molar-refractivity contribution >= 4 is 11.8 Å². The van der Waals surface area contributed by atoms with Gasteiger partial charge in [-0.05, 0) is 19.4 Å². The number of rotatable bonds is 8. The van der Waals surface area contributed by atoms with Crippen molar-refractivity contribution in [1.82, 2.24) is 15.1 Å². The molecule has 0 aliphatic carbocycles. The van der Waals surface area contributed by atoms with Gasteiger partial charge in [0.15, 0.2) is 0 Å². The second-order valence-electron chi connectivity index (χ2n) is 6.54. The molecular formula is C18H29N3O3. The Hall–Kier alpha value is -1.82. The fourth-order valence-corrected chi connectivity index (χ4v) is 2.97. The van der Waals surface area contributed by atoms with Crippen LogP contribution in [0.2, 0.25) is 0 Å². The van der Waals surface area contributed by atoms with Crippen LogP contribution in [0.15, 0.2) is 23.0 Å². The van der Waals surface area contributed by atoms with Gasteiger partial charge in [0.2, 0.25) is 5.91 Å². The monoisotopic (exact) mass is 335 g/mol. The van der Waals surface area contributed by atoms with E-state index in [1.807, 2.05) is 4.90 Å². The molecule has 1 fully saturated rings. The van der Waals surface area contributed by atoms with Crippen LogP contribution in [0.1, 0.15) is 49.9 Å². The number of hydrogen-bond acceptors (Lipinski definition) is 4. The van der Waals surface area contributed by atoms with Crippen LogP contribution in [-0.2, 0) is 4.79 Å². The van der Waals surface area contributed by atoms with Gasteiger partial charge in [0.1, 0.15) is 6.26 Å². The lowest BCUT2D eigenvalue weighted by molar-refractivity contribution is -0.123. The van der Waals surface area contributed by atoms with E-state index in [4.69, 9.17) is 4.42 Å². The molecule has 0 aromatic carbocycles. The third kappa shape index (κ3) is 5.67. The summed E-state index contributed by atoms with van der Waals surface area (Å²) in [6, 6.07) is 1.91. The van der Waals surface area contributed by atoms with Crippen molar-refractivity contribution in [3.63, 3.8) is 0 Å². The van der Waals surface area contributed by atoms with E-state index in [9.17, 15) is 9.59 Å². The molecule has 2 rings (SSSR count). The Morgan fingerprint density at radius 1 is 1.25 bits per heavy atom. The molecule has 1 unspecified atom stereocenters. The summed E-state index contributed by atoms with van der Waals surface area (Å²) in [6.07, 6.45) is 7.59. The number of carbonyl (C=O) groups excluding carboxylic acids is 2. The van der Waals surface area contributed by atoms with Crippen molar-refractivity contribution in [1.29, 1.82) is 0 Å². The number of nitrogens with zero attached hydrogens (tertiary/aromatic N) is 2. The molecule has 1 saturated heterocycles. The Labute approximate surface area is 144 Å². The van der Waals surface area contributed by atoms with Crippen molar-refractivity contribution < 1.29 is 14.0 Å². The minimum Gasteiger partial charge on any atom is -0.472 e. The molecule has 6 nitrogen and oxygen atoms in total. The van der Waals surface area contributed by atoms with Gasteiger partial charge < -0.3 is 14.6 Å². The smallest absolute Gasteiger partial charge is 0.257 e. The van der Waals surface area contributed by atoms with Crippen LogP contribution in [0.5, 0.6) is 0 Å². The second kappa shape index (κ2) is 9.47. The summed E-state index contributed by atoms with van der Waals surface area (Å²) in [6.45, 7) is 7.39. The Balaban J connectivity index is 1.67. The number of hydrogen-bond donors (Lipinski definition) is 1. The third-order valence-corrected chi connectivity index (χ3v) is 4.44. The second-order valence-corrected chi connectivity index (χ2v) is 6.54. The fraction of sp³-hybridized carbons (Fsp3) is 0.667. The van der Waals surface area contributed by atoms with E-state index in [1.165, 1.54) is 25.4 Å². The third-order valence-electron chi connectivity index (χ3n) is 4.44. The van der Waals surface area contributed by atoms with E-state index in [0.29, 0.717) is 25.2 Å². The molecular weight excluding hydrogens is 306 g/mol. The van der Waals surface area contributed by atoms with E-state index < -0.39 is 0 Å². The number of furan rings is 1. The molecule has 0 bridgehead atoms. The lowest BCUT2D eigenvalue weighted by atomic mass is 10.1. The molecule has 0 radical (unpaired) electrons. The van der Waals surface area contributed by atoms with Crippen LogP contribution in [-0.4, -0.2) is 60.4 Å². The summed E-state index contributed by atoms with van der Waals surface area (Å²) >= 11 is 0. The van der Waals surface area contributed by atoms with E-state index >= 15 is 0 Å². The van der Waals surface area contributed by atoms with Crippen LogP contribution in [0.3, 0.4) is 0 Å². The Morgan fingerprint density at radius 2 is 2.00 bits per heavy atom. The van der Waals surface area contributed by atoms with E-state index in [2.05, 4.69) is 24.1 Å². The molecule has 1 aliphatic heterocycles. The van der Waals surface area contributed by atoms with Crippen molar-refractivity contribution in [3.8, 4) is 0 Å². The Bertz CT molecular complexity index is 508. The SMILES string of the molecule is CCCCCC(C)NC(=O)CN1CCN(C(=O)c2ccoc2)CC1. The fourth-order valence-electron chi connectivity index (χ4n) is 2.97. The molecule has 1 atom stereocenters. The molecule has 2 heterocycles. The highest BCUT2D eigenvalue weighted by atomic mass is 16.3. The van der Waals surface area contributed by atoms with Crippen LogP contribution in [0.25, 0.3) is 0 Å². The summed E-state index contributed by atoms with van der Waals surface area (Å²) in [7, 11) is 0. The van der Waals surface area contributed by atoms with Gasteiger partial charge in [-0.15, -0.1) is 0 Å². The highest BCUT2D eigenvalue weighted by Gasteiger charge is 2.24. The largest absolute Gasteiger partial charge is 0.472 e. The molecule has 0 saturated carbocycles. The molecule has 0 spiro atoms. The van der Waals surface area contributed by atoms with Gasteiger partial charge in [-0.2, -0.15) is 0 Å². The van der Waals surface area contributed by atoms with Gasteiger partial charge in [0, 0.05) is 32.2 Å². The Kier molecular flexibility index (Phi) is 7.31. The average Bonchev–Trinajstić information content (AvgIpc) is 3.09. The van der Waals surface area contributed by atoms with Crippen molar-refractivity contribution in [2.75, 3.05) is 32.7 Å². The van der Waals surface area contributed by atoms with Gasteiger partial charge >= 0.3 is 0 Å². The zero-order chi connectivity index (χ0) is 17.4. The minimum atomic E-state index is -0.00241. The topological polar surface area (TPSA) is 65.8 Å². The van der Waals surface area contributed by atoms with Gasteiger partial charge in [-0.25, -0.2) is 0 Å². The van der Waals surface area contributed by atoms with Crippen molar-refractivity contribution in [2.24, 2.45) is 0 Å². The van der Waals surface area contributed by atoms with Gasteiger partial charge in [-0.3, -0.25) is 14.5 Å². The number of piperazine rings is 1. The number of amides is 2. The first kappa shape index (κ1) is 18.5. The summed E-state index contributed by atoms with van der Waals surface area (Å²) in [4.78, 5) is 28.3. The molecule has 6 heteroatoms. The number of unbranched alkanes of at least 4 members (excludes halogenated alkanes) is 2. The molecule has 1 aromatic heterocycles. The van der Waals surface area contributed by atoms with E-state index in [0.717, 1.165) is 25.9 Å². The lowest BCUT2D eigenvalue weighted by Crippen LogP contribution is -2.51. The summed E-state index contributed by atoms with van der Waals surface area (Å²) in [5.74, 6) is 0.0750. The van der Waals surface area contributed by atoms with Crippen LogP contribution in [0.4, 0.5) is 0 Å². The minimum absolute atomic E-state index is 0.00241. The van der Waals surface area contributed by atoms with Gasteiger partial charge in [0.05, 0.1) is 18.4 Å². The first-order chi connectivity index (χ1) is 11.6. The predicted molar refractivity (Wildman–Crippen MR) is 92.8 cm³/mol. The molecule has 1 N–H and O–H groups in total. The first-order valence-electron chi connectivity index (χ1n) is 8.93. The molecule has 1 aliphatic rings. The van der Waals surface area contributed by atoms with Gasteiger partial charge in [0.25, 0.3) is 5.91 Å². The number of nitrogens with one attached hydrogen (secondary N) is 1. The maximum Gasteiger partial charge on any atom is 0.257 e.